The molecular formula is C35H82. The summed E-state index contributed by atoms with van der Waals surface area (Å²) >= 11 is 0. The van der Waals surface area contributed by atoms with Gasteiger partial charge in [0.2, 0.25) is 0 Å². The maximum absolute atomic E-state index is 2.30. The minimum Gasteiger partial charge on any atom is -0.0654 e. The van der Waals surface area contributed by atoms with Crippen LogP contribution in [0.15, 0.2) is 0 Å². The highest BCUT2D eigenvalue weighted by Gasteiger charge is 2.09. The van der Waals surface area contributed by atoms with Crippen LogP contribution in [0.3, 0.4) is 0 Å². The van der Waals surface area contributed by atoms with Gasteiger partial charge in [-0.25, -0.2) is 0 Å². The zero-order valence-electron chi connectivity index (χ0n) is 28.8. The summed E-state index contributed by atoms with van der Waals surface area (Å²) in [5.41, 5.74) is 0.583. The molecule has 0 aromatic carbocycles. The van der Waals surface area contributed by atoms with Crippen molar-refractivity contribution < 1.29 is 0 Å². The van der Waals surface area contributed by atoms with Gasteiger partial charge in [0.25, 0.3) is 0 Å². The molecule has 35 heavy (non-hydrogen) atoms. The van der Waals surface area contributed by atoms with Crippen molar-refractivity contribution in [1.82, 2.24) is 0 Å². The molecule has 0 spiro atoms. The second kappa shape index (κ2) is 50.8. The van der Waals surface area contributed by atoms with Crippen LogP contribution in [-0.4, -0.2) is 0 Å². The smallest absolute Gasteiger partial charge is 0.0359 e. The van der Waals surface area contributed by atoms with E-state index in [1.807, 2.05) is 0 Å². The molecule has 222 valence electrons. The Bertz CT molecular complexity index is 231. The molecule has 0 heterocycles. The fourth-order valence-corrected chi connectivity index (χ4v) is 2.07. The molecule has 0 N–H and O–H groups in total. The van der Waals surface area contributed by atoms with Crippen LogP contribution in [0.2, 0.25) is 0 Å². The highest BCUT2D eigenvalue weighted by molar-refractivity contribution is 4.61. The van der Waals surface area contributed by atoms with E-state index >= 15 is 0 Å². The Balaban J connectivity index is -0.0000000728. The quantitative estimate of drug-likeness (QED) is 0.207. The summed E-state index contributed by atoms with van der Waals surface area (Å²) in [6.07, 6.45) is 24.5. The van der Waals surface area contributed by atoms with E-state index in [4.69, 9.17) is 0 Å². The Morgan fingerprint density at radius 1 is 0.371 bits per heavy atom. The standard InChI is InChI=1S/2C7H16.2C6H14.C5H12.C4H10/c1-5-7(3,4)6-2;1-3-5-7-6-4-2;1-4-6(3)5-2;1-3-5-6-4-2;1-3-5-4-2;1-3-4-2/h5-6H2,1-4H3;3-7H2,1-2H3;6H,4-5H2,1-3H3;3-6H2,1-2H3;3-5H2,1-2H3;3-4H2,1-2H3. The molecule has 0 rings (SSSR count). The van der Waals surface area contributed by atoms with Crippen LogP contribution in [0.25, 0.3) is 0 Å². The summed E-state index contributed by atoms with van der Waals surface area (Å²) in [7, 11) is 0. The number of rotatable bonds is 14. The lowest BCUT2D eigenvalue weighted by Crippen LogP contribution is -2.05. The molecule has 0 aliphatic heterocycles. The molecule has 0 aromatic rings. The highest BCUT2D eigenvalue weighted by Crippen LogP contribution is 2.22. The summed E-state index contributed by atoms with van der Waals surface area (Å²) in [6.45, 7) is 33.6. The predicted molar refractivity (Wildman–Crippen MR) is 174 cm³/mol. The zero-order chi connectivity index (χ0) is 28.8. The first-order chi connectivity index (χ1) is 16.6. The van der Waals surface area contributed by atoms with Gasteiger partial charge in [-0.15, -0.1) is 0 Å². The third kappa shape index (κ3) is 87.0. The second-order valence-electron chi connectivity index (χ2n) is 10.9. The zero-order valence-corrected chi connectivity index (χ0v) is 28.8. The van der Waals surface area contributed by atoms with Crippen LogP contribution in [0.4, 0.5) is 0 Å². The Morgan fingerprint density at radius 2 is 0.629 bits per heavy atom. The summed E-state index contributed by atoms with van der Waals surface area (Å²) in [4.78, 5) is 0. The van der Waals surface area contributed by atoms with Crippen molar-refractivity contribution in [3.63, 3.8) is 0 Å². The van der Waals surface area contributed by atoms with Gasteiger partial charge in [-0.3, -0.25) is 0 Å². The van der Waals surface area contributed by atoms with Gasteiger partial charge in [-0.05, 0) is 11.3 Å². The van der Waals surface area contributed by atoms with Crippen molar-refractivity contribution >= 4 is 0 Å². The van der Waals surface area contributed by atoms with Crippen LogP contribution in [0, 0.1) is 11.3 Å². The molecule has 0 amide bonds. The topological polar surface area (TPSA) is 0 Å². The van der Waals surface area contributed by atoms with Crippen LogP contribution < -0.4 is 0 Å². The van der Waals surface area contributed by atoms with E-state index < -0.39 is 0 Å². The average Bonchev–Trinajstić information content (AvgIpc) is 2.89. The lowest BCUT2D eigenvalue weighted by atomic mass is 9.88. The van der Waals surface area contributed by atoms with E-state index in [0.717, 1.165) is 5.92 Å². The Hall–Kier alpha value is 0. The first-order valence-corrected chi connectivity index (χ1v) is 16.6. The normalized spacial score (nSPS) is 9.60. The van der Waals surface area contributed by atoms with E-state index in [-0.39, 0.29) is 0 Å². The third-order valence-corrected chi connectivity index (χ3v) is 6.68. The molecule has 0 saturated heterocycles. The van der Waals surface area contributed by atoms with Gasteiger partial charge in [0.15, 0.2) is 0 Å². The van der Waals surface area contributed by atoms with Gasteiger partial charge in [0.1, 0.15) is 0 Å². The molecule has 0 fully saturated rings. The third-order valence-electron chi connectivity index (χ3n) is 6.68. The van der Waals surface area contributed by atoms with E-state index in [1.54, 1.807) is 0 Å². The van der Waals surface area contributed by atoms with Crippen molar-refractivity contribution in [2.75, 3.05) is 0 Å². The predicted octanol–water partition coefficient (Wildman–Crippen LogP) is 14.8. The van der Waals surface area contributed by atoms with E-state index in [1.165, 1.54) is 116 Å². The monoisotopic (exact) mass is 503 g/mol. The Kier molecular flexibility index (Phi) is 69.8. The van der Waals surface area contributed by atoms with Crippen LogP contribution in [0.5, 0.6) is 0 Å². The summed E-state index contributed by atoms with van der Waals surface area (Å²) < 4.78 is 0. The Morgan fingerprint density at radius 3 is 0.714 bits per heavy atom. The highest BCUT2D eigenvalue weighted by atomic mass is 14.2. The molecule has 0 radical (unpaired) electrons. The van der Waals surface area contributed by atoms with Crippen molar-refractivity contribution in [3.05, 3.63) is 0 Å². The molecular weight excluding hydrogens is 420 g/mol. The van der Waals surface area contributed by atoms with Gasteiger partial charge in [0.05, 0.1) is 0 Å². The van der Waals surface area contributed by atoms with Crippen LogP contribution in [-0.2, 0) is 0 Å². The molecule has 0 aliphatic rings. The first kappa shape index (κ1) is 48.1. The fraction of sp³-hybridized carbons (Fsp3) is 1.00. The number of hydrogen-bond donors (Lipinski definition) is 0. The molecule has 0 nitrogen and oxygen atoms in total. The number of hydrogen-bond acceptors (Lipinski definition) is 0. The summed E-state index contributed by atoms with van der Waals surface area (Å²) in [5.74, 6) is 0.935. The van der Waals surface area contributed by atoms with Crippen LogP contribution in [0.1, 0.15) is 219 Å². The van der Waals surface area contributed by atoms with Crippen LogP contribution >= 0.6 is 0 Å². The molecule has 0 unspecified atom stereocenters. The van der Waals surface area contributed by atoms with Gasteiger partial charge in [-0.2, -0.15) is 0 Å². The fourth-order valence-electron chi connectivity index (χ4n) is 2.07. The summed E-state index contributed by atoms with van der Waals surface area (Å²) in [5, 5.41) is 0. The molecule has 0 bridgehead atoms. The SMILES string of the molecule is CCC(C)(C)CC.CCC(C)CC.CCCC.CCCCC.CCCCCC.CCCCCCC. The molecule has 0 heteroatoms. The number of unbranched alkanes of at least 4 members (excludes halogenated alkanes) is 10. The Labute approximate surface area is 230 Å². The van der Waals surface area contributed by atoms with Gasteiger partial charge in [0, 0.05) is 0 Å². The van der Waals surface area contributed by atoms with Crippen molar-refractivity contribution in [2.24, 2.45) is 11.3 Å². The first-order valence-electron chi connectivity index (χ1n) is 16.6. The maximum atomic E-state index is 2.30. The molecule has 0 atom stereocenters. The van der Waals surface area contributed by atoms with Crippen molar-refractivity contribution in [1.29, 1.82) is 0 Å². The van der Waals surface area contributed by atoms with E-state index in [9.17, 15) is 0 Å². The lowest BCUT2D eigenvalue weighted by Gasteiger charge is -2.18. The van der Waals surface area contributed by atoms with E-state index in [0.29, 0.717) is 5.41 Å². The lowest BCUT2D eigenvalue weighted by molar-refractivity contribution is 0.338. The maximum Gasteiger partial charge on any atom is -0.0359 e. The van der Waals surface area contributed by atoms with Crippen molar-refractivity contribution in [3.8, 4) is 0 Å². The van der Waals surface area contributed by atoms with Gasteiger partial charge >= 0.3 is 0 Å². The van der Waals surface area contributed by atoms with Crippen molar-refractivity contribution in [2.45, 2.75) is 219 Å². The second-order valence-corrected chi connectivity index (χ2v) is 10.9. The average molecular weight is 503 g/mol. The van der Waals surface area contributed by atoms with E-state index in [2.05, 4.69) is 104 Å². The van der Waals surface area contributed by atoms with Gasteiger partial charge in [-0.1, -0.05) is 219 Å². The molecule has 0 aliphatic carbocycles. The minimum absolute atomic E-state index is 0.583. The minimum atomic E-state index is 0.583. The molecule has 0 saturated carbocycles. The largest absolute Gasteiger partial charge is 0.0654 e. The van der Waals surface area contributed by atoms with Gasteiger partial charge < -0.3 is 0 Å². The molecule has 0 aromatic heterocycles. The summed E-state index contributed by atoms with van der Waals surface area (Å²) in [6, 6.07) is 0.